The van der Waals surface area contributed by atoms with Gasteiger partial charge in [-0.25, -0.2) is 4.79 Å². The van der Waals surface area contributed by atoms with Gasteiger partial charge in [-0.05, 0) is 43.9 Å². The first-order chi connectivity index (χ1) is 6.86. The summed E-state index contributed by atoms with van der Waals surface area (Å²) in [6.07, 6.45) is 4.54. The monoisotopic (exact) mass is 189 g/mol. The van der Waals surface area contributed by atoms with E-state index in [4.69, 9.17) is 4.74 Å². The van der Waals surface area contributed by atoms with Crippen molar-refractivity contribution in [3.8, 4) is 0 Å². The minimum absolute atomic E-state index is 0.145. The standard InChI is InChI=1S/C12H13O2/c13-12(10-6-2-1-3-7-10)14-11-8-4-5-9-11/h2-3,6-7,11H,4-5,8-9H2. The molecule has 1 aromatic carbocycles. The lowest BCUT2D eigenvalue weighted by atomic mass is 10.2. The summed E-state index contributed by atoms with van der Waals surface area (Å²) < 4.78 is 5.34. The molecule has 14 heavy (non-hydrogen) atoms. The molecule has 0 unspecified atom stereocenters. The molecule has 2 rings (SSSR count). The van der Waals surface area contributed by atoms with Crippen molar-refractivity contribution < 1.29 is 9.53 Å². The largest absolute Gasteiger partial charge is 0.459 e. The van der Waals surface area contributed by atoms with E-state index in [0.717, 1.165) is 12.8 Å². The number of ether oxygens (including phenoxy) is 1. The zero-order valence-electron chi connectivity index (χ0n) is 8.03. The number of hydrogen-bond donors (Lipinski definition) is 0. The second kappa shape index (κ2) is 4.27. The van der Waals surface area contributed by atoms with Crippen LogP contribution in [0, 0.1) is 6.07 Å². The summed E-state index contributed by atoms with van der Waals surface area (Å²) >= 11 is 0. The van der Waals surface area contributed by atoms with Crippen LogP contribution in [0.5, 0.6) is 0 Å². The Kier molecular flexibility index (Phi) is 2.82. The van der Waals surface area contributed by atoms with Crippen molar-refractivity contribution in [2.75, 3.05) is 0 Å². The highest BCUT2D eigenvalue weighted by atomic mass is 16.5. The maximum atomic E-state index is 11.6. The van der Waals surface area contributed by atoms with Crippen LogP contribution in [0.1, 0.15) is 36.0 Å². The Labute approximate surface area is 83.9 Å². The van der Waals surface area contributed by atoms with Gasteiger partial charge in [-0.3, -0.25) is 0 Å². The Bertz CT molecular complexity index is 299. The van der Waals surface area contributed by atoms with E-state index >= 15 is 0 Å². The molecule has 0 aromatic heterocycles. The van der Waals surface area contributed by atoms with Crippen LogP contribution < -0.4 is 0 Å². The third-order valence-corrected chi connectivity index (χ3v) is 2.53. The summed E-state index contributed by atoms with van der Waals surface area (Å²) in [5, 5.41) is 0. The zero-order chi connectivity index (χ0) is 9.80. The van der Waals surface area contributed by atoms with E-state index in [2.05, 4.69) is 6.07 Å². The van der Waals surface area contributed by atoms with Gasteiger partial charge in [0.2, 0.25) is 0 Å². The van der Waals surface area contributed by atoms with Gasteiger partial charge in [0.05, 0.1) is 5.56 Å². The molecule has 1 aliphatic carbocycles. The van der Waals surface area contributed by atoms with Gasteiger partial charge in [-0.1, -0.05) is 12.1 Å². The molecule has 1 aromatic rings. The Morgan fingerprint density at radius 1 is 1.29 bits per heavy atom. The molecule has 1 saturated carbocycles. The predicted molar refractivity (Wildman–Crippen MR) is 52.9 cm³/mol. The minimum atomic E-state index is -0.203. The first-order valence-corrected chi connectivity index (χ1v) is 5.03. The van der Waals surface area contributed by atoms with Crippen molar-refractivity contribution >= 4 is 5.97 Å². The molecule has 2 nitrogen and oxygen atoms in total. The van der Waals surface area contributed by atoms with Crippen LogP contribution in [0.4, 0.5) is 0 Å². The number of carbonyl (C=O) groups is 1. The van der Waals surface area contributed by atoms with Gasteiger partial charge in [-0.2, -0.15) is 0 Å². The molecule has 0 spiro atoms. The molecule has 1 radical (unpaired) electrons. The topological polar surface area (TPSA) is 26.3 Å². The number of rotatable bonds is 2. The molecule has 1 fully saturated rings. The molecule has 73 valence electrons. The first-order valence-electron chi connectivity index (χ1n) is 5.03. The van der Waals surface area contributed by atoms with E-state index in [1.54, 1.807) is 24.3 Å². The summed E-state index contributed by atoms with van der Waals surface area (Å²) in [5.74, 6) is -0.203. The van der Waals surface area contributed by atoms with E-state index in [1.165, 1.54) is 12.8 Å². The highest BCUT2D eigenvalue weighted by Gasteiger charge is 2.19. The van der Waals surface area contributed by atoms with E-state index in [-0.39, 0.29) is 12.1 Å². The third-order valence-electron chi connectivity index (χ3n) is 2.53. The average Bonchev–Trinajstić information content (AvgIpc) is 2.72. The smallest absolute Gasteiger partial charge is 0.338 e. The molecule has 0 N–H and O–H groups in total. The number of benzene rings is 1. The molecular weight excluding hydrogens is 176 g/mol. The van der Waals surface area contributed by atoms with E-state index in [1.807, 2.05) is 0 Å². The normalized spacial score (nSPS) is 16.9. The van der Waals surface area contributed by atoms with Crippen LogP contribution in [0.2, 0.25) is 0 Å². The van der Waals surface area contributed by atoms with Crippen LogP contribution in [0.3, 0.4) is 0 Å². The van der Waals surface area contributed by atoms with E-state index in [9.17, 15) is 4.79 Å². The van der Waals surface area contributed by atoms with Gasteiger partial charge in [0.25, 0.3) is 0 Å². The fourth-order valence-electron chi connectivity index (χ4n) is 1.75. The summed E-state index contributed by atoms with van der Waals surface area (Å²) in [6.45, 7) is 0. The summed E-state index contributed by atoms with van der Waals surface area (Å²) in [7, 11) is 0. The summed E-state index contributed by atoms with van der Waals surface area (Å²) in [6, 6.07) is 9.80. The van der Waals surface area contributed by atoms with Crippen LogP contribution >= 0.6 is 0 Å². The summed E-state index contributed by atoms with van der Waals surface area (Å²) in [5.41, 5.74) is 0.621. The van der Waals surface area contributed by atoms with Gasteiger partial charge in [0, 0.05) is 0 Å². The fraction of sp³-hybridized carbons (Fsp3) is 0.417. The highest BCUT2D eigenvalue weighted by Crippen LogP contribution is 2.21. The SMILES string of the molecule is O=C(OC1CCCC1)c1cc[c]cc1. The van der Waals surface area contributed by atoms with Crippen LogP contribution in [-0.4, -0.2) is 12.1 Å². The molecule has 0 heterocycles. The molecule has 0 amide bonds. The highest BCUT2D eigenvalue weighted by molar-refractivity contribution is 5.89. The van der Waals surface area contributed by atoms with Crippen molar-refractivity contribution in [3.63, 3.8) is 0 Å². The second-order valence-corrected chi connectivity index (χ2v) is 3.60. The van der Waals surface area contributed by atoms with Crippen LogP contribution in [0.25, 0.3) is 0 Å². The molecule has 0 atom stereocenters. The van der Waals surface area contributed by atoms with Crippen molar-refractivity contribution in [2.45, 2.75) is 31.8 Å². The zero-order valence-corrected chi connectivity index (χ0v) is 8.03. The number of hydrogen-bond acceptors (Lipinski definition) is 2. The molecule has 2 heteroatoms. The van der Waals surface area contributed by atoms with Gasteiger partial charge in [0.1, 0.15) is 6.10 Å². The average molecular weight is 189 g/mol. The first kappa shape index (κ1) is 9.25. The predicted octanol–water partition coefficient (Wildman–Crippen LogP) is 2.59. The quantitative estimate of drug-likeness (QED) is 0.668. The maximum absolute atomic E-state index is 11.6. The van der Waals surface area contributed by atoms with Crippen molar-refractivity contribution in [1.29, 1.82) is 0 Å². The third kappa shape index (κ3) is 2.13. The summed E-state index contributed by atoms with van der Waals surface area (Å²) in [4.78, 5) is 11.6. The Morgan fingerprint density at radius 2 is 1.93 bits per heavy atom. The van der Waals surface area contributed by atoms with Gasteiger partial charge in [-0.15, -0.1) is 0 Å². The maximum Gasteiger partial charge on any atom is 0.338 e. The second-order valence-electron chi connectivity index (χ2n) is 3.60. The van der Waals surface area contributed by atoms with Gasteiger partial charge >= 0.3 is 5.97 Å². The molecule has 1 aliphatic rings. The van der Waals surface area contributed by atoms with Crippen molar-refractivity contribution in [3.05, 3.63) is 35.9 Å². The van der Waals surface area contributed by atoms with Crippen LogP contribution in [0.15, 0.2) is 24.3 Å². The van der Waals surface area contributed by atoms with Crippen molar-refractivity contribution in [2.24, 2.45) is 0 Å². The van der Waals surface area contributed by atoms with Crippen LogP contribution in [-0.2, 0) is 4.74 Å². The van der Waals surface area contributed by atoms with Gasteiger partial charge < -0.3 is 4.74 Å². The lowest BCUT2D eigenvalue weighted by Crippen LogP contribution is -2.14. The van der Waals surface area contributed by atoms with E-state index < -0.39 is 0 Å². The van der Waals surface area contributed by atoms with Gasteiger partial charge in [0.15, 0.2) is 0 Å². The molecule has 0 saturated heterocycles. The number of carbonyl (C=O) groups excluding carboxylic acids is 1. The molecular formula is C12H13O2. The Hall–Kier alpha value is -1.31. The fourth-order valence-corrected chi connectivity index (χ4v) is 1.75. The lowest BCUT2D eigenvalue weighted by Gasteiger charge is -2.10. The number of esters is 1. The Balaban J connectivity index is 1.95. The molecule has 0 bridgehead atoms. The minimum Gasteiger partial charge on any atom is -0.459 e. The lowest BCUT2D eigenvalue weighted by molar-refractivity contribution is 0.0318. The molecule has 0 aliphatic heterocycles. The van der Waals surface area contributed by atoms with Crippen molar-refractivity contribution in [1.82, 2.24) is 0 Å². The Morgan fingerprint density at radius 3 is 2.57 bits per heavy atom. The van der Waals surface area contributed by atoms with E-state index in [0.29, 0.717) is 5.56 Å².